The number of furan rings is 1. The second-order valence-corrected chi connectivity index (χ2v) is 7.76. The van der Waals surface area contributed by atoms with Crippen LogP contribution in [0.3, 0.4) is 0 Å². The predicted octanol–water partition coefficient (Wildman–Crippen LogP) is 3.29. The summed E-state index contributed by atoms with van der Waals surface area (Å²) in [7, 11) is 1.74. The third kappa shape index (κ3) is 6.10. The Morgan fingerprint density at radius 1 is 1.18 bits per heavy atom. The number of carbonyl (C=O) groups excluding carboxylic acids is 2. The minimum Gasteiger partial charge on any atom is -0.452 e. The molecule has 3 amide bonds. The van der Waals surface area contributed by atoms with E-state index in [4.69, 9.17) is 4.42 Å². The van der Waals surface area contributed by atoms with Crippen molar-refractivity contribution in [3.05, 3.63) is 52.9 Å². The second kappa shape index (κ2) is 9.75. The second-order valence-electron chi connectivity index (χ2n) is 6.98. The van der Waals surface area contributed by atoms with Crippen LogP contribution in [0.25, 0.3) is 0 Å². The van der Waals surface area contributed by atoms with Gasteiger partial charge in [0.2, 0.25) is 5.91 Å². The average molecular weight is 449 g/mol. The highest BCUT2D eigenvalue weighted by Crippen LogP contribution is 2.16. The molecule has 1 aliphatic heterocycles. The van der Waals surface area contributed by atoms with Gasteiger partial charge in [0.1, 0.15) is 5.76 Å². The molecule has 8 heteroatoms. The lowest BCUT2D eigenvalue weighted by Crippen LogP contribution is -2.49. The Bertz CT molecular complexity index is 788. The molecule has 0 aliphatic carbocycles. The molecule has 2 N–H and O–H groups in total. The third-order valence-corrected chi connectivity index (χ3v) is 5.13. The van der Waals surface area contributed by atoms with Crippen molar-refractivity contribution >= 4 is 33.6 Å². The van der Waals surface area contributed by atoms with Crippen molar-refractivity contribution in [1.29, 1.82) is 0 Å². The molecule has 0 radical (unpaired) electrons. The zero-order valence-electron chi connectivity index (χ0n) is 15.9. The summed E-state index contributed by atoms with van der Waals surface area (Å²) < 4.78 is 6.09. The molecule has 1 aromatic carbocycles. The Labute approximate surface area is 173 Å². The summed E-state index contributed by atoms with van der Waals surface area (Å²) in [6.07, 6.45) is 1.65. The first kappa shape index (κ1) is 20.4. The number of halogens is 1. The highest BCUT2D eigenvalue weighted by atomic mass is 79.9. The van der Waals surface area contributed by atoms with Crippen LogP contribution in [-0.2, 0) is 11.3 Å². The molecule has 28 heavy (non-hydrogen) atoms. The molecule has 1 aliphatic rings. The van der Waals surface area contributed by atoms with Crippen LogP contribution >= 0.6 is 15.9 Å². The van der Waals surface area contributed by atoms with Gasteiger partial charge in [0.15, 0.2) is 4.67 Å². The number of rotatable bonds is 6. The molecular formula is C20H25BrN4O3. The molecular weight excluding hydrogens is 424 g/mol. The van der Waals surface area contributed by atoms with Crippen molar-refractivity contribution in [1.82, 2.24) is 15.1 Å². The van der Waals surface area contributed by atoms with Crippen molar-refractivity contribution in [2.24, 2.45) is 0 Å². The fourth-order valence-corrected chi connectivity index (χ4v) is 3.53. The summed E-state index contributed by atoms with van der Waals surface area (Å²) in [5.74, 6) is 0.710. The van der Waals surface area contributed by atoms with E-state index in [9.17, 15) is 9.59 Å². The number of hydrogen-bond donors (Lipinski definition) is 2. The van der Waals surface area contributed by atoms with Gasteiger partial charge in [-0.05, 0) is 53.0 Å². The molecule has 0 atom stereocenters. The van der Waals surface area contributed by atoms with Crippen LogP contribution in [-0.4, -0.2) is 54.5 Å². The monoisotopic (exact) mass is 448 g/mol. The van der Waals surface area contributed by atoms with Crippen LogP contribution < -0.4 is 10.6 Å². The lowest BCUT2D eigenvalue weighted by Gasteiger charge is -2.32. The summed E-state index contributed by atoms with van der Waals surface area (Å²) in [6.45, 7) is 2.34. The van der Waals surface area contributed by atoms with Crippen molar-refractivity contribution < 1.29 is 14.0 Å². The smallest absolute Gasteiger partial charge is 0.317 e. The molecule has 7 nitrogen and oxygen atoms in total. The quantitative estimate of drug-likeness (QED) is 0.710. The number of nitrogens with zero attached hydrogens (tertiary/aromatic N) is 2. The van der Waals surface area contributed by atoms with Crippen molar-refractivity contribution in [2.45, 2.75) is 25.4 Å². The van der Waals surface area contributed by atoms with Crippen molar-refractivity contribution in [3.8, 4) is 0 Å². The number of amides is 3. The molecule has 2 aromatic rings. The van der Waals surface area contributed by atoms with Gasteiger partial charge in [0.05, 0.1) is 13.1 Å². The fraction of sp³-hybridized carbons (Fsp3) is 0.400. The highest BCUT2D eigenvalue weighted by molar-refractivity contribution is 9.10. The number of nitrogens with one attached hydrogen (secondary N) is 2. The summed E-state index contributed by atoms with van der Waals surface area (Å²) >= 11 is 3.26. The van der Waals surface area contributed by atoms with E-state index in [1.807, 2.05) is 42.5 Å². The topological polar surface area (TPSA) is 77.8 Å². The van der Waals surface area contributed by atoms with Gasteiger partial charge >= 0.3 is 6.03 Å². The van der Waals surface area contributed by atoms with Gasteiger partial charge in [0.25, 0.3) is 0 Å². The predicted molar refractivity (Wildman–Crippen MR) is 111 cm³/mol. The Hall–Kier alpha value is -2.32. The minimum atomic E-state index is -0.118. The number of likely N-dealkylation sites (tertiary alicyclic amines) is 1. The first-order valence-electron chi connectivity index (χ1n) is 9.32. The summed E-state index contributed by atoms with van der Waals surface area (Å²) in [4.78, 5) is 28.3. The zero-order valence-corrected chi connectivity index (χ0v) is 17.4. The summed E-state index contributed by atoms with van der Waals surface area (Å²) in [5, 5.41) is 5.97. The number of benzene rings is 1. The van der Waals surface area contributed by atoms with Crippen LogP contribution in [0.15, 0.2) is 51.6 Å². The molecule has 0 spiro atoms. The van der Waals surface area contributed by atoms with Crippen LogP contribution in [0.5, 0.6) is 0 Å². The lowest BCUT2D eigenvalue weighted by molar-refractivity contribution is -0.117. The third-order valence-electron chi connectivity index (χ3n) is 4.71. The Morgan fingerprint density at radius 3 is 2.54 bits per heavy atom. The lowest BCUT2D eigenvalue weighted by atomic mass is 10.1. The van der Waals surface area contributed by atoms with Gasteiger partial charge in [-0.25, -0.2) is 4.79 Å². The van der Waals surface area contributed by atoms with Gasteiger partial charge in [-0.2, -0.15) is 0 Å². The number of urea groups is 1. The normalized spacial score (nSPS) is 15.2. The SMILES string of the molecule is CN(Cc1ccc(Br)o1)C(=O)NC1CCN(CC(=O)Nc2ccccc2)CC1. The average Bonchev–Trinajstić information content (AvgIpc) is 3.08. The molecule has 150 valence electrons. The summed E-state index contributed by atoms with van der Waals surface area (Å²) in [5.41, 5.74) is 0.807. The van der Waals surface area contributed by atoms with E-state index in [1.165, 1.54) is 0 Å². The van der Waals surface area contributed by atoms with Gasteiger partial charge in [-0.3, -0.25) is 9.69 Å². The molecule has 1 aromatic heterocycles. The van der Waals surface area contributed by atoms with E-state index in [0.717, 1.165) is 37.4 Å². The first-order chi connectivity index (χ1) is 13.5. The molecule has 3 rings (SSSR count). The van der Waals surface area contributed by atoms with Crippen molar-refractivity contribution in [3.63, 3.8) is 0 Å². The maximum Gasteiger partial charge on any atom is 0.317 e. The van der Waals surface area contributed by atoms with Crippen LogP contribution in [0, 0.1) is 0 Å². The molecule has 0 saturated carbocycles. The first-order valence-corrected chi connectivity index (χ1v) is 10.1. The maximum atomic E-state index is 12.4. The van der Waals surface area contributed by atoms with Crippen molar-refractivity contribution in [2.75, 3.05) is 32.0 Å². The van der Waals surface area contributed by atoms with E-state index in [-0.39, 0.29) is 18.0 Å². The van der Waals surface area contributed by atoms with E-state index in [1.54, 1.807) is 11.9 Å². The molecule has 0 unspecified atom stereocenters. The Balaban J connectivity index is 1.37. The van der Waals surface area contributed by atoms with Gasteiger partial charge in [0, 0.05) is 31.9 Å². The van der Waals surface area contributed by atoms with Gasteiger partial charge in [-0.1, -0.05) is 18.2 Å². The van der Waals surface area contributed by atoms with E-state index in [2.05, 4.69) is 31.5 Å². The largest absolute Gasteiger partial charge is 0.452 e. The van der Waals surface area contributed by atoms with E-state index >= 15 is 0 Å². The molecule has 0 bridgehead atoms. The van der Waals surface area contributed by atoms with E-state index < -0.39 is 0 Å². The van der Waals surface area contributed by atoms with Gasteiger partial charge < -0.3 is 20.0 Å². The molecule has 1 fully saturated rings. The molecule has 1 saturated heterocycles. The number of para-hydroxylation sites is 1. The number of piperidine rings is 1. The standard InChI is InChI=1S/C20H25BrN4O3/c1-24(13-17-7-8-18(21)28-17)20(27)23-16-9-11-25(12-10-16)14-19(26)22-15-5-3-2-4-6-15/h2-8,16H,9-14H2,1H3,(H,22,26)(H,23,27). The fourth-order valence-electron chi connectivity index (χ4n) is 3.19. The summed E-state index contributed by atoms with van der Waals surface area (Å²) in [6, 6.07) is 13.1. The van der Waals surface area contributed by atoms with Crippen LogP contribution in [0.2, 0.25) is 0 Å². The van der Waals surface area contributed by atoms with Crippen LogP contribution in [0.1, 0.15) is 18.6 Å². The maximum absolute atomic E-state index is 12.4. The Kier molecular flexibility index (Phi) is 7.11. The Morgan fingerprint density at radius 2 is 1.89 bits per heavy atom. The number of anilines is 1. The van der Waals surface area contributed by atoms with Gasteiger partial charge in [-0.15, -0.1) is 0 Å². The zero-order chi connectivity index (χ0) is 19.9. The number of hydrogen-bond acceptors (Lipinski definition) is 4. The van der Waals surface area contributed by atoms with E-state index in [0.29, 0.717) is 17.8 Å². The number of carbonyl (C=O) groups is 2. The molecule has 2 heterocycles. The van der Waals surface area contributed by atoms with Crippen LogP contribution in [0.4, 0.5) is 10.5 Å². The minimum absolute atomic E-state index is 0.0157. The highest BCUT2D eigenvalue weighted by Gasteiger charge is 2.23.